The molecule has 4 aromatic rings. The van der Waals surface area contributed by atoms with Gasteiger partial charge in [0.15, 0.2) is 23.3 Å². The highest BCUT2D eigenvalue weighted by atomic mass is 19.2. The van der Waals surface area contributed by atoms with Gasteiger partial charge in [-0.05, 0) is 37.1 Å². The predicted octanol–water partition coefficient (Wildman–Crippen LogP) is 4.11. The van der Waals surface area contributed by atoms with Crippen molar-refractivity contribution in [3.05, 3.63) is 80.8 Å². The van der Waals surface area contributed by atoms with E-state index in [0.717, 1.165) is 5.56 Å². The van der Waals surface area contributed by atoms with Gasteiger partial charge in [0.05, 0.1) is 16.7 Å². The monoisotopic (exact) mass is 499 g/mol. The van der Waals surface area contributed by atoms with Crippen LogP contribution in [-0.4, -0.2) is 38.4 Å². The number of nitrogens with zero attached hydrogens (tertiary/aromatic N) is 3. The number of carbonyl (C=O) groups is 1. The zero-order chi connectivity index (χ0) is 25.9. The molecule has 0 bridgehead atoms. The number of rotatable bonds is 5. The normalized spacial score (nSPS) is 14.0. The van der Waals surface area contributed by atoms with Gasteiger partial charge in [0.1, 0.15) is 11.4 Å². The molecule has 2 aromatic heterocycles. The number of nitrogens with one attached hydrogen (secondary N) is 2. The molecule has 2 aromatic carbocycles. The number of hydrogen-bond acceptors (Lipinski definition) is 4. The Kier molecular flexibility index (Phi) is 5.57. The fourth-order valence-electron chi connectivity index (χ4n) is 4.61. The van der Waals surface area contributed by atoms with E-state index in [9.17, 15) is 27.2 Å². The first-order chi connectivity index (χ1) is 17.1. The summed E-state index contributed by atoms with van der Waals surface area (Å²) < 4.78 is 57.3. The fourth-order valence-corrected chi connectivity index (χ4v) is 4.61. The van der Waals surface area contributed by atoms with E-state index in [1.165, 1.54) is 6.20 Å². The Hall–Kier alpha value is -4.15. The number of benzene rings is 2. The van der Waals surface area contributed by atoms with Crippen LogP contribution in [0.25, 0.3) is 22.4 Å². The number of imidazole rings is 1. The van der Waals surface area contributed by atoms with E-state index >= 15 is 0 Å². The summed E-state index contributed by atoms with van der Waals surface area (Å²) in [6.45, 7) is 2.02. The van der Waals surface area contributed by atoms with Crippen molar-refractivity contribution in [2.75, 3.05) is 12.4 Å². The minimum absolute atomic E-state index is 0.100. The molecule has 1 aliphatic heterocycles. The van der Waals surface area contributed by atoms with Gasteiger partial charge in [0.25, 0.3) is 11.5 Å². The first kappa shape index (κ1) is 23.6. The molecule has 7 nitrogen and oxygen atoms in total. The van der Waals surface area contributed by atoms with Crippen LogP contribution in [-0.2, 0) is 20.0 Å². The highest BCUT2D eigenvalue weighted by molar-refractivity contribution is 6.02. The molecule has 1 aliphatic rings. The lowest BCUT2D eigenvalue weighted by molar-refractivity contribution is 0.0816. The topological polar surface area (TPSA) is 83.0 Å². The van der Waals surface area contributed by atoms with E-state index in [1.54, 1.807) is 42.6 Å². The van der Waals surface area contributed by atoms with Crippen molar-refractivity contribution in [1.82, 2.24) is 19.4 Å². The van der Waals surface area contributed by atoms with E-state index in [-0.39, 0.29) is 24.0 Å². The van der Waals surface area contributed by atoms with Gasteiger partial charge < -0.3 is 19.8 Å². The van der Waals surface area contributed by atoms with Gasteiger partial charge in [-0.25, -0.2) is 22.5 Å². The summed E-state index contributed by atoms with van der Waals surface area (Å²) in [6, 6.07) is 4.55. The zero-order valence-electron chi connectivity index (χ0n) is 19.5. The van der Waals surface area contributed by atoms with Gasteiger partial charge >= 0.3 is 0 Å². The number of aromatic nitrogens is 3. The number of halogens is 4. The molecule has 0 aliphatic carbocycles. The molecule has 3 heterocycles. The number of H-pyrrole nitrogens is 1. The Bertz CT molecular complexity index is 1580. The molecular weight excluding hydrogens is 478 g/mol. The van der Waals surface area contributed by atoms with Gasteiger partial charge in [-0.1, -0.05) is 0 Å². The van der Waals surface area contributed by atoms with Gasteiger partial charge in [-0.15, -0.1) is 0 Å². The van der Waals surface area contributed by atoms with Gasteiger partial charge in [0.2, 0.25) is 0 Å². The highest BCUT2D eigenvalue weighted by Crippen LogP contribution is 2.32. The van der Waals surface area contributed by atoms with E-state index < -0.39 is 40.4 Å². The first-order valence-electron chi connectivity index (χ1n) is 11.1. The van der Waals surface area contributed by atoms with Crippen LogP contribution in [0.2, 0.25) is 0 Å². The van der Waals surface area contributed by atoms with Crippen LogP contribution < -0.4 is 10.9 Å². The smallest absolute Gasteiger partial charge is 0.261 e. The molecule has 11 heteroatoms. The summed E-state index contributed by atoms with van der Waals surface area (Å²) in [5, 5.41) is 3.01. The van der Waals surface area contributed by atoms with Crippen molar-refractivity contribution >= 4 is 22.6 Å². The number of amides is 1. The van der Waals surface area contributed by atoms with Crippen LogP contribution in [0.5, 0.6) is 0 Å². The SMILES string of the molecule is CC(Cc1c(F)c(F)cc(F)c1F)Nc1cc[nH]c(=O)c1-c1nc2cc3c(cc2n1C)C(=O)N(C)C3. The Morgan fingerprint density at radius 2 is 1.78 bits per heavy atom. The highest BCUT2D eigenvalue weighted by Gasteiger charge is 2.27. The lowest BCUT2D eigenvalue weighted by Crippen LogP contribution is -2.23. The van der Waals surface area contributed by atoms with Crippen molar-refractivity contribution in [2.45, 2.75) is 25.9 Å². The maximum Gasteiger partial charge on any atom is 0.261 e. The predicted molar refractivity (Wildman–Crippen MR) is 126 cm³/mol. The van der Waals surface area contributed by atoms with Crippen LogP contribution in [0.1, 0.15) is 28.4 Å². The Balaban J connectivity index is 1.53. The van der Waals surface area contributed by atoms with E-state index in [2.05, 4.69) is 15.3 Å². The van der Waals surface area contributed by atoms with Gasteiger partial charge in [-0.2, -0.15) is 0 Å². The molecule has 186 valence electrons. The summed E-state index contributed by atoms with van der Waals surface area (Å²) in [5.74, 6) is -5.68. The van der Waals surface area contributed by atoms with Crippen LogP contribution in [0.3, 0.4) is 0 Å². The van der Waals surface area contributed by atoms with Gasteiger partial charge in [-0.3, -0.25) is 9.59 Å². The van der Waals surface area contributed by atoms with Crippen molar-refractivity contribution in [2.24, 2.45) is 7.05 Å². The third-order valence-corrected chi connectivity index (χ3v) is 6.39. The maximum absolute atomic E-state index is 14.2. The molecule has 0 saturated heterocycles. The second-order valence-electron chi connectivity index (χ2n) is 8.95. The van der Waals surface area contributed by atoms with Gasteiger partial charge in [0, 0.05) is 50.1 Å². The number of pyridine rings is 1. The summed E-state index contributed by atoms with van der Waals surface area (Å²) in [4.78, 5) is 34.1. The van der Waals surface area contributed by atoms with E-state index in [4.69, 9.17) is 0 Å². The summed E-state index contributed by atoms with van der Waals surface area (Å²) in [6.07, 6.45) is 1.01. The number of aromatic amines is 1. The first-order valence-corrected chi connectivity index (χ1v) is 11.1. The number of carbonyl (C=O) groups excluding carboxylic acids is 1. The Labute approximate surface area is 202 Å². The third kappa shape index (κ3) is 3.71. The average Bonchev–Trinajstić information content (AvgIpc) is 3.29. The molecule has 36 heavy (non-hydrogen) atoms. The molecule has 1 unspecified atom stereocenters. The molecule has 5 rings (SSSR count). The molecular formula is C25H21F4N5O2. The lowest BCUT2D eigenvalue weighted by Gasteiger charge is -2.18. The van der Waals surface area contributed by atoms with Crippen LogP contribution in [0.15, 0.2) is 35.3 Å². The molecule has 0 radical (unpaired) electrons. The largest absolute Gasteiger partial charge is 0.381 e. The maximum atomic E-state index is 14.2. The number of aryl methyl sites for hydroxylation is 1. The fraction of sp³-hybridized carbons (Fsp3) is 0.240. The Morgan fingerprint density at radius 1 is 1.08 bits per heavy atom. The summed E-state index contributed by atoms with van der Waals surface area (Å²) in [7, 11) is 3.42. The van der Waals surface area contributed by atoms with Crippen LogP contribution in [0.4, 0.5) is 23.2 Å². The standard InChI is InChI=1S/C25H21F4N5O2/c1-11(6-14-21(28)15(26)9-16(27)22(14)29)31-17-4-5-30-24(35)20(17)23-32-18-7-12-10-33(2)25(36)13(12)8-19(18)34(23)3/h4-5,7-9,11H,6,10H2,1-3H3,(H2,30,31,35). The minimum atomic E-state index is -1.48. The van der Waals surface area contributed by atoms with Crippen molar-refractivity contribution in [3.8, 4) is 11.4 Å². The molecule has 1 amide bonds. The third-order valence-electron chi connectivity index (χ3n) is 6.39. The second kappa shape index (κ2) is 8.51. The summed E-state index contributed by atoms with van der Waals surface area (Å²) >= 11 is 0. The molecule has 0 spiro atoms. The van der Waals surface area contributed by atoms with Crippen molar-refractivity contribution in [3.63, 3.8) is 0 Å². The molecule has 2 N–H and O–H groups in total. The number of hydrogen-bond donors (Lipinski definition) is 2. The minimum Gasteiger partial charge on any atom is -0.381 e. The van der Waals surface area contributed by atoms with E-state index in [1.807, 2.05) is 6.07 Å². The molecule has 1 atom stereocenters. The van der Waals surface area contributed by atoms with Crippen molar-refractivity contribution < 1.29 is 22.4 Å². The molecule has 0 saturated carbocycles. The summed E-state index contributed by atoms with van der Waals surface area (Å²) in [5.41, 5.74) is 1.92. The van der Waals surface area contributed by atoms with Crippen molar-refractivity contribution in [1.29, 1.82) is 0 Å². The van der Waals surface area contributed by atoms with Crippen LogP contribution in [0, 0.1) is 23.3 Å². The Morgan fingerprint density at radius 3 is 2.47 bits per heavy atom. The lowest BCUT2D eigenvalue weighted by atomic mass is 10.0. The van der Waals surface area contributed by atoms with Crippen LogP contribution >= 0.6 is 0 Å². The average molecular weight is 499 g/mol. The number of fused-ring (bicyclic) bond motifs is 2. The van der Waals surface area contributed by atoms with E-state index in [0.29, 0.717) is 34.7 Å². The number of anilines is 1. The zero-order valence-corrected chi connectivity index (χ0v) is 19.5. The quantitative estimate of drug-likeness (QED) is 0.320. The second-order valence-corrected chi connectivity index (χ2v) is 8.95. The molecule has 0 fully saturated rings.